The number of alkyl halides is 1. The average Bonchev–Trinajstić information content (AvgIpc) is 2.53. The smallest absolute Gasteiger partial charge is 0.0573 e. The maximum atomic E-state index is 10.2. The number of hydrogen-bond donors (Lipinski definition) is 1. The summed E-state index contributed by atoms with van der Waals surface area (Å²) in [5, 5.41) is 10.2. The molecular formula is C14H25IO. The molecular weight excluding hydrogens is 311 g/mol. The normalized spacial score (nSPS) is 50.1. The van der Waals surface area contributed by atoms with Crippen molar-refractivity contribution >= 4 is 22.6 Å². The lowest BCUT2D eigenvalue weighted by Crippen LogP contribution is -2.47. The van der Waals surface area contributed by atoms with E-state index >= 15 is 0 Å². The Bertz CT molecular complexity index is 267. The van der Waals surface area contributed by atoms with Crippen molar-refractivity contribution in [1.29, 1.82) is 0 Å². The summed E-state index contributed by atoms with van der Waals surface area (Å²) >= 11 is 2.53. The van der Waals surface area contributed by atoms with Crippen LogP contribution >= 0.6 is 22.6 Å². The van der Waals surface area contributed by atoms with Crippen LogP contribution in [0.2, 0.25) is 0 Å². The minimum atomic E-state index is -0.0259. The van der Waals surface area contributed by atoms with Crippen molar-refractivity contribution in [2.24, 2.45) is 22.7 Å². The summed E-state index contributed by atoms with van der Waals surface area (Å²) in [5.74, 6) is 1.34. The monoisotopic (exact) mass is 336 g/mol. The van der Waals surface area contributed by atoms with E-state index in [1.54, 1.807) is 0 Å². The molecule has 16 heavy (non-hydrogen) atoms. The number of aliphatic hydroxyl groups excluding tert-OH is 1. The van der Waals surface area contributed by atoms with E-state index in [1.165, 1.54) is 30.1 Å². The molecule has 0 amide bonds. The Balaban J connectivity index is 2.30. The molecule has 0 heterocycles. The van der Waals surface area contributed by atoms with Crippen LogP contribution < -0.4 is 0 Å². The van der Waals surface area contributed by atoms with Crippen LogP contribution in [0.5, 0.6) is 0 Å². The molecule has 0 radical (unpaired) electrons. The molecule has 1 N–H and O–H groups in total. The zero-order valence-corrected chi connectivity index (χ0v) is 13.0. The fraction of sp³-hybridized carbons (Fsp3) is 1.00. The molecule has 94 valence electrons. The van der Waals surface area contributed by atoms with Gasteiger partial charge in [0.25, 0.3) is 0 Å². The first-order valence-corrected chi connectivity index (χ1v) is 8.22. The molecule has 0 aromatic rings. The molecule has 0 saturated heterocycles. The Labute approximate surface area is 114 Å². The summed E-state index contributed by atoms with van der Waals surface area (Å²) in [5.41, 5.74) is 0.829. The zero-order valence-electron chi connectivity index (χ0n) is 10.8. The van der Waals surface area contributed by atoms with Crippen LogP contribution in [0, 0.1) is 22.7 Å². The maximum absolute atomic E-state index is 10.2. The van der Waals surface area contributed by atoms with E-state index in [0.717, 1.165) is 12.3 Å². The van der Waals surface area contributed by atoms with Gasteiger partial charge in [0.1, 0.15) is 0 Å². The van der Waals surface area contributed by atoms with Gasteiger partial charge in [-0.1, -0.05) is 49.8 Å². The Kier molecular flexibility index (Phi) is 3.62. The average molecular weight is 336 g/mol. The Hall–Kier alpha value is 0.690. The van der Waals surface area contributed by atoms with Crippen molar-refractivity contribution in [3.05, 3.63) is 0 Å². The van der Waals surface area contributed by atoms with Gasteiger partial charge in [-0.25, -0.2) is 0 Å². The van der Waals surface area contributed by atoms with Gasteiger partial charge in [0.2, 0.25) is 0 Å². The van der Waals surface area contributed by atoms with Crippen LogP contribution in [-0.2, 0) is 0 Å². The third-order valence-corrected chi connectivity index (χ3v) is 7.40. The van der Waals surface area contributed by atoms with Gasteiger partial charge in [0, 0.05) is 4.43 Å². The van der Waals surface area contributed by atoms with Gasteiger partial charge >= 0.3 is 0 Å². The fourth-order valence-corrected chi connectivity index (χ4v) is 5.40. The standard InChI is InChI=1S/C14H25IO/c1-10(9-15)13(2)8-6-11-12(16)5-4-7-14(11,13)3/h10-12,16H,4-9H2,1-3H3/t10-,11+,12+,13-,14+/m1/s1. The number of hydrogen-bond acceptors (Lipinski definition) is 1. The van der Waals surface area contributed by atoms with Crippen molar-refractivity contribution in [3.63, 3.8) is 0 Å². The van der Waals surface area contributed by atoms with E-state index in [9.17, 15) is 5.11 Å². The summed E-state index contributed by atoms with van der Waals surface area (Å²) in [4.78, 5) is 0. The summed E-state index contributed by atoms with van der Waals surface area (Å²) in [7, 11) is 0. The van der Waals surface area contributed by atoms with E-state index in [4.69, 9.17) is 0 Å². The molecule has 0 aromatic heterocycles. The van der Waals surface area contributed by atoms with Crippen molar-refractivity contribution in [1.82, 2.24) is 0 Å². The molecule has 2 heteroatoms. The molecule has 0 spiro atoms. The molecule has 2 aliphatic rings. The quantitative estimate of drug-likeness (QED) is 0.596. The Morgan fingerprint density at radius 2 is 2.00 bits per heavy atom. The number of halogens is 1. The van der Waals surface area contributed by atoms with Crippen LogP contribution in [0.1, 0.15) is 52.9 Å². The van der Waals surface area contributed by atoms with E-state index in [2.05, 4.69) is 43.4 Å². The van der Waals surface area contributed by atoms with Gasteiger partial charge in [-0.15, -0.1) is 0 Å². The molecule has 2 saturated carbocycles. The Morgan fingerprint density at radius 1 is 1.31 bits per heavy atom. The molecule has 2 fully saturated rings. The minimum Gasteiger partial charge on any atom is -0.393 e. The van der Waals surface area contributed by atoms with Crippen molar-refractivity contribution in [2.45, 2.75) is 59.0 Å². The summed E-state index contributed by atoms with van der Waals surface area (Å²) in [6, 6.07) is 0. The van der Waals surface area contributed by atoms with Gasteiger partial charge in [-0.05, 0) is 48.3 Å². The third-order valence-electron chi connectivity index (χ3n) is 6.08. The van der Waals surface area contributed by atoms with Crippen LogP contribution in [0.15, 0.2) is 0 Å². The van der Waals surface area contributed by atoms with E-state index in [1.807, 2.05) is 0 Å². The first-order valence-electron chi connectivity index (χ1n) is 6.70. The van der Waals surface area contributed by atoms with Crippen LogP contribution in [0.25, 0.3) is 0 Å². The van der Waals surface area contributed by atoms with Crippen molar-refractivity contribution in [2.75, 3.05) is 4.43 Å². The predicted molar refractivity (Wildman–Crippen MR) is 76.8 cm³/mol. The largest absolute Gasteiger partial charge is 0.393 e. The topological polar surface area (TPSA) is 20.2 Å². The van der Waals surface area contributed by atoms with E-state index < -0.39 is 0 Å². The lowest BCUT2D eigenvalue weighted by Gasteiger charge is -2.51. The molecule has 0 aliphatic heterocycles. The summed E-state index contributed by atoms with van der Waals surface area (Å²) < 4.78 is 1.24. The molecule has 1 nitrogen and oxygen atoms in total. The lowest BCUT2D eigenvalue weighted by atomic mass is 9.55. The van der Waals surface area contributed by atoms with Crippen molar-refractivity contribution in [3.8, 4) is 0 Å². The second kappa shape index (κ2) is 4.42. The number of fused-ring (bicyclic) bond motifs is 1. The van der Waals surface area contributed by atoms with E-state index in [-0.39, 0.29) is 6.10 Å². The van der Waals surface area contributed by atoms with Crippen LogP contribution in [-0.4, -0.2) is 15.6 Å². The molecule has 0 aromatic carbocycles. The van der Waals surface area contributed by atoms with Gasteiger partial charge in [0.05, 0.1) is 6.10 Å². The molecule has 5 atom stereocenters. The third kappa shape index (κ3) is 1.66. The van der Waals surface area contributed by atoms with Gasteiger partial charge < -0.3 is 5.11 Å². The predicted octanol–water partition coefficient (Wildman–Crippen LogP) is 4.02. The molecule has 2 rings (SSSR count). The SMILES string of the molecule is C[C@H](CI)[C@@]1(C)CC[C@H]2[C@@H](O)CCC[C@@]21C. The summed E-state index contributed by atoms with van der Waals surface area (Å²) in [6.45, 7) is 7.34. The second-order valence-corrected chi connectivity index (χ2v) is 7.38. The maximum Gasteiger partial charge on any atom is 0.0573 e. The molecule has 0 bridgehead atoms. The highest BCUT2D eigenvalue weighted by molar-refractivity contribution is 14.1. The second-order valence-electron chi connectivity index (χ2n) is 6.50. The van der Waals surface area contributed by atoms with Crippen LogP contribution in [0.3, 0.4) is 0 Å². The zero-order chi connectivity index (χ0) is 12.0. The highest BCUT2D eigenvalue weighted by atomic mass is 127. The minimum absolute atomic E-state index is 0.0259. The molecule has 0 unspecified atom stereocenters. The van der Waals surface area contributed by atoms with Gasteiger partial charge in [0.15, 0.2) is 0 Å². The fourth-order valence-electron chi connectivity index (χ4n) is 4.43. The number of rotatable bonds is 2. The summed E-state index contributed by atoms with van der Waals surface area (Å²) in [6.07, 6.45) is 6.12. The Morgan fingerprint density at radius 3 is 2.62 bits per heavy atom. The van der Waals surface area contributed by atoms with Crippen molar-refractivity contribution < 1.29 is 5.11 Å². The molecule has 2 aliphatic carbocycles. The first kappa shape index (κ1) is 13.1. The van der Waals surface area contributed by atoms with Gasteiger partial charge in [-0.3, -0.25) is 0 Å². The van der Waals surface area contributed by atoms with Gasteiger partial charge in [-0.2, -0.15) is 0 Å². The number of aliphatic hydroxyl groups is 1. The lowest BCUT2D eigenvalue weighted by molar-refractivity contribution is -0.0631. The van der Waals surface area contributed by atoms with Crippen LogP contribution in [0.4, 0.5) is 0 Å². The first-order chi connectivity index (χ1) is 7.45. The highest BCUT2D eigenvalue weighted by Crippen LogP contribution is 2.64. The van der Waals surface area contributed by atoms with E-state index in [0.29, 0.717) is 16.7 Å². The highest BCUT2D eigenvalue weighted by Gasteiger charge is 2.58.